The molecule has 0 aromatic rings. The second-order valence-electron chi connectivity index (χ2n) is 8.15. The summed E-state index contributed by atoms with van der Waals surface area (Å²) in [6.45, 7) is 11.0. The predicted octanol–water partition coefficient (Wildman–Crippen LogP) is 3.80. The second-order valence-corrected chi connectivity index (χ2v) is 8.15. The number of nitrogens with two attached hydrogens (primary N) is 1. The van der Waals surface area contributed by atoms with Gasteiger partial charge in [-0.2, -0.15) is 0 Å². The van der Waals surface area contributed by atoms with Crippen LogP contribution in [0.25, 0.3) is 0 Å². The Morgan fingerprint density at radius 3 is 2.37 bits per heavy atom. The quantitative estimate of drug-likeness (QED) is 0.842. The lowest BCUT2D eigenvalue weighted by atomic mass is 9.77. The smallest absolute Gasteiger partial charge is 0.0166 e. The van der Waals surface area contributed by atoms with Gasteiger partial charge in [0.1, 0.15) is 0 Å². The van der Waals surface area contributed by atoms with Crippen LogP contribution in [-0.2, 0) is 0 Å². The van der Waals surface area contributed by atoms with Crippen molar-refractivity contribution in [2.75, 3.05) is 19.6 Å². The van der Waals surface area contributed by atoms with Crippen molar-refractivity contribution in [1.29, 1.82) is 0 Å². The Morgan fingerprint density at radius 1 is 1.05 bits per heavy atom. The normalized spacial score (nSPS) is 29.4. The molecule has 0 spiro atoms. The molecule has 0 aromatic carbocycles. The molecule has 0 amide bonds. The Kier molecular flexibility index (Phi) is 4.94. The third-order valence-electron chi connectivity index (χ3n) is 5.57. The van der Waals surface area contributed by atoms with Crippen LogP contribution in [0.4, 0.5) is 0 Å². The molecule has 2 fully saturated rings. The van der Waals surface area contributed by atoms with E-state index < -0.39 is 0 Å². The van der Waals surface area contributed by atoms with Crippen molar-refractivity contribution >= 4 is 0 Å². The monoisotopic (exact) mass is 266 g/mol. The van der Waals surface area contributed by atoms with Gasteiger partial charge in [0.05, 0.1) is 0 Å². The van der Waals surface area contributed by atoms with E-state index in [9.17, 15) is 0 Å². The van der Waals surface area contributed by atoms with E-state index >= 15 is 0 Å². The maximum Gasteiger partial charge on any atom is 0.0166 e. The summed E-state index contributed by atoms with van der Waals surface area (Å²) in [7, 11) is 0. The van der Waals surface area contributed by atoms with Crippen molar-refractivity contribution in [2.45, 2.75) is 77.7 Å². The fourth-order valence-corrected chi connectivity index (χ4v) is 3.96. The molecule has 1 saturated heterocycles. The van der Waals surface area contributed by atoms with Crippen molar-refractivity contribution in [3.8, 4) is 0 Å². The standard InChI is InChI=1S/C17H34N2/c1-16(2,3)15-7-6-12-19(13-8-15)14-11-17(18)9-4-5-10-17/h15H,4-14,18H2,1-3H3. The van der Waals surface area contributed by atoms with Crippen LogP contribution in [0.15, 0.2) is 0 Å². The number of rotatable bonds is 3. The lowest BCUT2D eigenvalue weighted by Gasteiger charge is -2.30. The molecule has 1 aliphatic heterocycles. The lowest BCUT2D eigenvalue weighted by Crippen LogP contribution is -2.40. The first-order valence-electron chi connectivity index (χ1n) is 8.40. The summed E-state index contributed by atoms with van der Waals surface area (Å²) in [6, 6.07) is 0. The van der Waals surface area contributed by atoms with E-state index in [0.717, 1.165) is 5.92 Å². The Labute approximate surface area is 120 Å². The zero-order valence-electron chi connectivity index (χ0n) is 13.4. The van der Waals surface area contributed by atoms with Gasteiger partial charge in [-0.25, -0.2) is 0 Å². The Morgan fingerprint density at radius 2 is 1.74 bits per heavy atom. The molecule has 1 aliphatic carbocycles. The molecular weight excluding hydrogens is 232 g/mol. The van der Waals surface area contributed by atoms with Crippen molar-refractivity contribution in [3.63, 3.8) is 0 Å². The topological polar surface area (TPSA) is 29.3 Å². The molecule has 19 heavy (non-hydrogen) atoms. The summed E-state index contributed by atoms with van der Waals surface area (Å²) in [5.74, 6) is 0.899. The van der Waals surface area contributed by atoms with Crippen LogP contribution in [0.5, 0.6) is 0 Å². The van der Waals surface area contributed by atoms with Gasteiger partial charge in [-0.1, -0.05) is 33.6 Å². The van der Waals surface area contributed by atoms with E-state index in [1.165, 1.54) is 71.0 Å². The van der Waals surface area contributed by atoms with Gasteiger partial charge in [0.15, 0.2) is 0 Å². The fourth-order valence-electron chi connectivity index (χ4n) is 3.96. The van der Waals surface area contributed by atoms with Gasteiger partial charge < -0.3 is 10.6 Å². The Balaban J connectivity index is 1.76. The first-order valence-corrected chi connectivity index (χ1v) is 8.40. The predicted molar refractivity (Wildman–Crippen MR) is 83.2 cm³/mol. The van der Waals surface area contributed by atoms with Crippen LogP contribution < -0.4 is 5.73 Å². The van der Waals surface area contributed by atoms with E-state index in [4.69, 9.17) is 5.73 Å². The molecule has 0 bridgehead atoms. The van der Waals surface area contributed by atoms with Gasteiger partial charge in [0.25, 0.3) is 0 Å². The molecule has 0 radical (unpaired) electrons. The lowest BCUT2D eigenvalue weighted by molar-refractivity contribution is 0.202. The second kappa shape index (κ2) is 6.13. The maximum atomic E-state index is 6.49. The average molecular weight is 266 g/mol. The van der Waals surface area contributed by atoms with Gasteiger partial charge in [-0.15, -0.1) is 0 Å². The molecule has 1 heterocycles. The van der Waals surface area contributed by atoms with E-state index in [1.54, 1.807) is 0 Å². The number of hydrogen-bond donors (Lipinski definition) is 1. The summed E-state index contributed by atoms with van der Waals surface area (Å²) in [6.07, 6.45) is 10.6. The van der Waals surface area contributed by atoms with Crippen molar-refractivity contribution in [1.82, 2.24) is 4.90 Å². The average Bonchev–Trinajstić information content (AvgIpc) is 2.62. The molecule has 2 heteroatoms. The summed E-state index contributed by atoms with van der Waals surface area (Å²) in [5.41, 5.74) is 7.14. The molecule has 2 rings (SSSR count). The van der Waals surface area contributed by atoms with E-state index in [2.05, 4.69) is 25.7 Å². The molecule has 2 N–H and O–H groups in total. The molecule has 2 aliphatic rings. The zero-order valence-corrected chi connectivity index (χ0v) is 13.4. The SMILES string of the molecule is CC(C)(C)C1CCCN(CCC2(N)CCCC2)CC1. The summed E-state index contributed by atoms with van der Waals surface area (Å²) in [4.78, 5) is 2.68. The maximum absolute atomic E-state index is 6.49. The van der Waals surface area contributed by atoms with E-state index in [-0.39, 0.29) is 5.54 Å². The molecule has 1 atom stereocenters. The highest BCUT2D eigenvalue weighted by Crippen LogP contribution is 2.35. The Hall–Kier alpha value is -0.0800. The highest BCUT2D eigenvalue weighted by atomic mass is 15.1. The molecule has 1 unspecified atom stereocenters. The van der Waals surface area contributed by atoms with Gasteiger partial charge >= 0.3 is 0 Å². The minimum absolute atomic E-state index is 0.176. The summed E-state index contributed by atoms with van der Waals surface area (Å²) >= 11 is 0. The number of hydrogen-bond acceptors (Lipinski definition) is 2. The first kappa shape index (κ1) is 15.3. The van der Waals surface area contributed by atoms with Crippen molar-refractivity contribution in [2.24, 2.45) is 17.1 Å². The van der Waals surface area contributed by atoms with Crippen molar-refractivity contribution in [3.05, 3.63) is 0 Å². The van der Waals surface area contributed by atoms with Crippen LogP contribution in [0, 0.1) is 11.3 Å². The minimum Gasteiger partial charge on any atom is -0.325 e. The third kappa shape index (κ3) is 4.46. The first-order chi connectivity index (χ1) is 8.89. The highest BCUT2D eigenvalue weighted by molar-refractivity contribution is 4.90. The van der Waals surface area contributed by atoms with Crippen LogP contribution in [0.3, 0.4) is 0 Å². The number of nitrogens with zero attached hydrogens (tertiary/aromatic N) is 1. The van der Waals surface area contributed by atoms with Crippen LogP contribution in [-0.4, -0.2) is 30.1 Å². The third-order valence-corrected chi connectivity index (χ3v) is 5.57. The largest absolute Gasteiger partial charge is 0.325 e. The molecule has 2 nitrogen and oxygen atoms in total. The van der Waals surface area contributed by atoms with Crippen molar-refractivity contribution < 1.29 is 0 Å². The van der Waals surface area contributed by atoms with Gasteiger partial charge in [0, 0.05) is 5.54 Å². The fraction of sp³-hybridized carbons (Fsp3) is 1.00. The van der Waals surface area contributed by atoms with Gasteiger partial charge in [-0.05, 0) is 69.5 Å². The van der Waals surface area contributed by atoms with E-state index in [0.29, 0.717) is 5.41 Å². The molecule has 1 saturated carbocycles. The van der Waals surface area contributed by atoms with E-state index in [1.807, 2.05) is 0 Å². The van der Waals surface area contributed by atoms with Gasteiger partial charge in [-0.3, -0.25) is 0 Å². The molecular formula is C17H34N2. The number of likely N-dealkylation sites (tertiary alicyclic amines) is 1. The van der Waals surface area contributed by atoms with Crippen LogP contribution in [0.1, 0.15) is 72.1 Å². The molecule has 0 aromatic heterocycles. The van der Waals surface area contributed by atoms with Gasteiger partial charge in [0.2, 0.25) is 0 Å². The Bertz CT molecular complexity index is 273. The van der Waals surface area contributed by atoms with Crippen LogP contribution >= 0.6 is 0 Å². The summed E-state index contributed by atoms with van der Waals surface area (Å²) < 4.78 is 0. The highest BCUT2D eigenvalue weighted by Gasteiger charge is 2.31. The minimum atomic E-state index is 0.176. The summed E-state index contributed by atoms with van der Waals surface area (Å²) in [5, 5.41) is 0. The zero-order chi connectivity index (χ0) is 13.9. The van der Waals surface area contributed by atoms with Crippen LogP contribution in [0.2, 0.25) is 0 Å². The molecule has 112 valence electrons.